The zero-order valence-electron chi connectivity index (χ0n) is 12.0. The highest BCUT2D eigenvalue weighted by molar-refractivity contribution is 6.33. The molecule has 0 saturated carbocycles. The van der Waals surface area contributed by atoms with Gasteiger partial charge in [-0.2, -0.15) is 0 Å². The molecule has 1 heterocycles. The first-order valence-corrected chi connectivity index (χ1v) is 7.78. The van der Waals surface area contributed by atoms with Crippen molar-refractivity contribution >= 4 is 35.0 Å². The number of rotatable bonds is 4. The predicted molar refractivity (Wildman–Crippen MR) is 83.3 cm³/mol. The van der Waals surface area contributed by atoms with Gasteiger partial charge in [-0.25, -0.2) is 0 Å². The van der Waals surface area contributed by atoms with Gasteiger partial charge < -0.3 is 10.2 Å². The van der Waals surface area contributed by atoms with E-state index >= 15 is 0 Å². The molecule has 1 aliphatic rings. The average molecular weight is 329 g/mol. The molecular formula is C15H18Cl2N2O2. The predicted octanol–water partition coefficient (Wildman–Crippen LogP) is 3.01. The third kappa shape index (κ3) is 3.33. The third-order valence-electron chi connectivity index (χ3n) is 3.72. The Kier molecular flexibility index (Phi) is 5.12. The van der Waals surface area contributed by atoms with Crippen molar-refractivity contribution in [1.29, 1.82) is 0 Å². The maximum absolute atomic E-state index is 12.5. The molecule has 21 heavy (non-hydrogen) atoms. The van der Waals surface area contributed by atoms with E-state index in [1.165, 1.54) is 0 Å². The fourth-order valence-electron chi connectivity index (χ4n) is 2.54. The molecule has 1 N–H and O–H groups in total. The number of hydrogen-bond acceptors (Lipinski definition) is 2. The minimum Gasteiger partial charge on any atom is -0.343 e. The molecule has 2 rings (SSSR count). The zero-order chi connectivity index (χ0) is 15.6. The van der Waals surface area contributed by atoms with Gasteiger partial charge >= 0.3 is 0 Å². The summed E-state index contributed by atoms with van der Waals surface area (Å²) < 4.78 is 0. The Morgan fingerprint density at radius 2 is 1.90 bits per heavy atom. The van der Waals surface area contributed by atoms with E-state index in [1.54, 1.807) is 23.1 Å². The Bertz CT molecular complexity index is 563. The molecule has 2 unspecified atom stereocenters. The summed E-state index contributed by atoms with van der Waals surface area (Å²) in [7, 11) is 0. The number of amides is 2. The van der Waals surface area contributed by atoms with Crippen molar-refractivity contribution in [1.82, 2.24) is 10.2 Å². The first-order chi connectivity index (χ1) is 9.97. The Morgan fingerprint density at radius 1 is 1.19 bits per heavy atom. The molecule has 0 bridgehead atoms. The summed E-state index contributed by atoms with van der Waals surface area (Å²) in [6, 6.07) is 4.21. The van der Waals surface area contributed by atoms with Crippen LogP contribution >= 0.6 is 23.2 Å². The van der Waals surface area contributed by atoms with Crippen LogP contribution in [0.1, 0.15) is 32.3 Å². The highest BCUT2D eigenvalue weighted by Gasteiger charge is 2.38. The number of nitrogens with zero attached hydrogens (tertiary/aromatic N) is 1. The number of benzene rings is 1. The summed E-state index contributed by atoms with van der Waals surface area (Å²) in [5, 5.41) is 3.87. The van der Waals surface area contributed by atoms with E-state index in [9.17, 15) is 9.59 Å². The molecule has 1 aliphatic heterocycles. The van der Waals surface area contributed by atoms with Gasteiger partial charge in [0.2, 0.25) is 11.8 Å². The Hall–Kier alpha value is -1.26. The van der Waals surface area contributed by atoms with Crippen LogP contribution < -0.4 is 5.32 Å². The van der Waals surface area contributed by atoms with Gasteiger partial charge in [0.1, 0.15) is 12.1 Å². The van der Waals surface area contributed by atoms with Crippen LogP contribution in [0.2, 0.25) is 10.0 Å². The SMILES string of the molecule is CCC1NC(=O)C(CC)N(Cc2cc(Cl)ccc2Cl)C1=O. The molecular weight excluding hydrogens is 311 g/mol. The van der Waals surface area contributed by atoms with Gasteiger partial charge in [-0.15, -0.1) is 0 Å². The fourth-order valence-corrected chi connectivity index (χ4v) is 2.92. The highest BCUT2D eigenvalue weighted by Crippen LogP contribution is 2.25. The van der Waals surface area contributed by atoms with Crippen molar-refractivity contribution in [3.63, 3.8) is 0 Å². The topological polar surface area (TPSA) is 49.4 Å². The molecule has 0 aliphatic carbocycles. The van der Waals surface area contributed by atoms with E-state index in [-0.39, 0.29) is 11.8 Å². The van der Waals surface area contributed by atoms with Crippen molar-refractivity contribution in [2.45, 2.75) is 45.3 Å². The molecule has 1 aromatic rings. The summed E-state index contributed by atoms with van der Waals surface area (Å²) >= 11 is 12.1. The molecule has 2 amide bonds. The van der Waals surface area contributed by atoms with Gasteiger partial charge in [0.05, 0.1) is 0 Å². The molecule has 1 saturated heterocycles. The van der Waals surface area contributed by atoms with Gasteiger partial charge in [-0.05, 0) is 36.6 Å². The van der Waals surface area contributed by atoms with Crippen molar-refractivity contribution in [2.75, 3.05) is 0 Å². The van der Waals surface area contributed by atoms with E-state index in [1.807, 2.05) is 13.8 Å². The molecule has 1 fully saturated rings. The molecule has 114 valence electrons. The molecule has 1 aromatic carbocycles. The molecule has 0 radical (unpaired) electrons. The maximum atomic E-state index is 12.5. The van der Waals surface area contributed by atoms with Crippen LogP contribution in [0, 0.1) is 0 Å². The van der Waals surface area contributed by atoms with Crippen LogP contribution in [0.25, 0.3) is 0 Å². The van der Waals surface area contributed by atoms with Crippen molar-refractivity contribution in [2.24, 2.45) is 0 Å². The summed E-state index contributed by atoms with van der Waals surface area (Å²) in [4.78, 5) is 26.2. The van der Waals surface area contributed by atoms with E-state index in [4.69, 9.17) is 23.2 Å². The number of carbonyl (C=O) groups is 2. The zero-order valence-corrected chi connectivity index (χ0v) is 13.5. The molecule has 0 aromatic heterocycles. The Labute approximate surface area is 134 Å². The van der Waals surface area contributed by atoms with E-state index in [2.05, 4.69) is 5.32 Å². The van der Waals surface area contributed by atoms with Crippen LogP contribution in [0.15, 0.2) is 18.2 Å². The normalized spacial score (nSPS) is 22.4. The van der Waals surface area contributed by atoms with Gasteiger partial charge in [-0.3, -0.25) is 9.59 Å². The Morgan fingerprint density at radius 3 is 2.52 bits per heavy atom. The molecule has 6 heteroatoms. The Balaban J connectivity index is 2.31. The van der Waals surface area contributed by atoms with Gasteiger partial charge in [0.15, 0.2) is 0 Å². The standard InChI is InChI=1S/C15H18Cl2N2O2/c1-3-12-15(21)19(13(4-2)14(20)18-12)8-9-7-10(16)5-6-11(9)17/h5-7,12-13H,3-4,8H2,1-2H3,(H,18,20). The van der Waals surface area contributed by atoms with Crippen molar-refractivity contribution in [3.05, 3.63) is 33.8 Å². The summed E-state index contributed by atoms with van der Waals surface area (Å²) in [6.45, 7) is 4.05. The lowest BCUT2D eigenvalue weighted by Gasteiger charge is -2.38. The maximum Gasteiger partial charge on any atom is 0.246 e. The average Bonchev–Trinajstić information content (AvgIpc) is 2.46. The van der Waals surface area contributed by atoms with Crippen LogP contribution in [-0.2, 0) is 16.1 Å². The number of hydrogen-bond donors (Lipinski definition) is 1. The summed E-state index contributed by atoms with van der Waals surface area (Å²) in [5.74, 6) is -0.179. The molecule has 0 spiro atoms. The largest absolute Gasteiger partial charge is 0.343 e. The lowest BCUT2D eigenvalue weighted by molar-refractivity contribution is -0.150. The minimum absolute atomic E-state index is 0.0695. The lowest BCUT2D eigenvalue weighted by Crippen LogP contribution is -2.62. The second-order valence-corrected chi connectivity index (χ2v) is 5.94. The minimum atomic E-state index is -0.463. The quantitative estimate of drug-likeness (QED) is 0.923. The monoisotopic (exact) mass is 328 g/mol. The van der Waals surface area contributed by atoms with E-state index in [0.717, 1.165) is 5.56 Å². The summed E-state index contributed by atoms with van der Waals surface area (Å²) in [5.41, 5.74) is 0.750. The van der Waals surface area contributed by atoms with Crippen LogP contribution in [0.4, 0.5) is 0 Å². The highest BCUT2D eigenvalue weighted by atomic mass is 35.5. The third-order valence-corrected chi connectivity index (χ3v) is 4.32. The van der Waals surface area contributed by atoms with E-state index in [0.29, 0.717) is 29.4 Å². The number of nitrogens with one attached hydrogen (secondary N) is 1. The van der Waals surface area contributed by atoms with Crippen LogP contribution in [0.5, 0.6) is 0 Å². The number of piperazine rings is 1. The van der Waals surface area contributed by atoms with E-state index < -0.39 is 12.1 Å². The second kappa shape index (κ2) is 6.67. The van der Waals surface area contributed by atoms with Crippen molar-refractivity contribution in [3.8, 4) is 0 Å². The second-order valence-electron chi connectivity index (χ2n) is 5.10. The fraction of sp³-hybridized carbons (Fsp3) is 0.467. The first kappa shape index (κ1) is 16.1. The molecule has 2 atom stereocenters. The lowest BCUT2D eigenvalue weighted by atomic mass is 10.0. The van der Waals surface area contributed by atoms with Crippen LogP contribution in [0.3, 0.4) is 0 Å². The number of halogens is 2. The van der Waals surface area contributed by atoms with Gasteiger partial charge in [-0.1, -0.05) is 37.0 Å². The van der Waals surface area contributed by atoms with Gasteiger partial charge in [0.25, 0.3) is 0 Å². The number of carbonyl (C=O) groups excluding carboxylic acids is 2. The summed E-state index contributed by atoms with van der Waals surface area (Å²) in [6.07, 6.45) is 1.13. The molecule has 4 nitrogen and oxygen atoms in total. The van der Waals surface area contributed by atoms with Crippen LogP contribution in [-0.4, -0.2) is 28.8 Å². The van der Waals surface area contributed by atoms with Crippen molar-refractivity contribution < 1.29 is 9.59 Å². The smallest absolute Gasteiger partial charge is 0.246 e. The van der Waals surface area contributed by atoms with Gasteiger partial charge in [0, 0.05) is 16.6 Å². The first-order valence-electron chi connectivity index (χ1n) is 7.02.